The van der Waals surface area contributed by atoms with Crippen molar-refractivity contribution in [1.29, 1.82) is 0 Å². The van der Waals surface area contributed by atoms with Crippen molar-refractivity contribution >= 4 is 45.0 Å². The van der Waals surface area contributed by atoms with E-state index < -0.39 is 0 Å². The number of hydrogen-bond acceptors (Lipinski definition) is 7. The molecule has 3 aromatic rings. The van der Waals surface area contributed by atoms with Crippen LogP contribution in [0, 0.1) is 0 Å². The molecule has 1 aliphatic heterocycles. The molecule has 0 saturated carbocycles. The molecule has 0 radical (unpaired) electrons. The van der Waals surface area contributed by atoms with Crippen LogP contribution < -0.4 is 14.4 Å². The Morgan fingerprint density at radius 2 is 1.94 bits per heavy atom. The van der Waals surface area contributed by atoms with Gasteiger partial charge in [0.05, 0.1) is 30.5 Å². The van der Waals surface area contributed by atoms with Crippen LogP contribution in [0.5, 0.6) is 11.5 Å². The maximum absolute atomic E-state index is 13.1. The van der Waals surface area contributed by atoms with Gasteiger partial charge in [-0.15, -0.1) is 12.4 Å². The Kier molecular flexibility index (Phi) is 9.11. The smallest absolute Gasteiger partial charge is 0.266 e. The van der Waals surface area contributed by atoms with E-state index in [1.165, 1.54) is 11.3 Å². The van der Waals surface area contributed by atoms with Gasteiger partial charge in [0.1, 0.15) is 11.5 Å². The quantitative estimate of drug-likeness (QED) is 0.466. The van der Waals surface area contributed by atoms with E-state index in [2.05, 4.69) is 4.90 Å². The molecule has 0 spiro atoms. The number of carbonyl (C=O) groups is 1. The largest absolute Gasteiger partial charge is 0.497 e. The van der Waals surface area contributed by atoms with Crippen LogP contribution in [0.2, 0.25) is 0 Å². The fourth-order valence-corrected chi connectivity index (χ4v) is 4.47. The number of aromatic nitrogens is 1. The molecule has 0 N–H and O–H groups in total. The van der Waals surface area contributed by atoms with Crippen LogP contribution in [0.25, 0.3) is 10.2 Å². The highest BCUT2D eigenvalue weighted by Gasteiger charge is 2.21. The number of halogens is 1. The molecule has 2 aromatic carbocycles. The second kappa shape index (κ2) is 12.0. The van der Waals surface area contributed by atoms with E-state index in [-0.39, 0.29) is 24.9 Å². The number of amides is 1. The van der Waals surface area contributed by atoms with Crippen molar-refractivity contribution in [1.82, 2.24) is 9.88 Å². The summed E-state index contributed by atoms with van der Waals surface area (Å²) in [5.41, 5.74) is 0.828. The maximum atomic E-state index is 13.1. The summed E-state index contributed by atoms with van der Waals surface area (Å²) in [6.45, 7) is 4.90. The number of methoxy groups -OCH3 is 1. The van der Waals surface area contributed by atoms with Crippen LogP contribution >= 0.6 is 23.7 Å². The summed E-state index contributed by atoms with van der Waals surface area (Å²) in [7, 11) is 1.64. The SMILES string of the molecule is COc1ccc2sc(N(CCCN3CCOCC3)C(=O)COc3ccccc3)nc2c1.Cl. The standard InChI is InChI=1S/C23H27N3O4S.ClH/c1-28-19-8-9-21-20(16-19)24-23(31-21)26(11-5-10-25-12-14-29-15-13-25)22(27)17-30-18-6-3-2-4-7-18;/h2-4,6-9,16H,5,10-15,17H2,1H3;1H. The molecule has 1 amide bonds. The summed E-state index contributed by atoms with van der Waals surface area (Å²) < 4.78 is 17.5. The van der Waals surface area contributed by atoms with Crippen LogP contribution in [0.1, 0.15) is 6.42 Å². The van der Waals surface area contributed by atoms with Gasteiger partial charge in [-0.05, 0) is 30.7 Å². The fourth-order valence-electron chi connectivity index (χ4n) is 3.48. The van der Waals surface area contributed by atoms with Gasteiger partial charge in [0.2, 0.25) is 0 Å². The van der Waals surface area contributed by atoms with Crippen LogP contribution in [-0.2, 0) is 9.53 Å². The molecule has 0 aliphatic carbocycles. The predicted molar refractivity (Wildman–Crippen MR) is 130 cm³/mol. The van der Waals surface area contributed by atoms with Crippen molar-refractivity contribution in [3.05, 3.63) is 48.5 Å². The van der Waals surface area contributed by atoms with Gasteiger partial charge in [-0.2, -0.15) is 0 Å². The highest BCUT2D eigenvalue weighted by molar-refractivity contribution is 7.22. The first-order valence-corrected chi connectivity index (χ1v) is 11.3. The molecule has 2 heterocycles. The highest BCUT2D eigenvalue weighted by Crippen LogP contribution is 2.31. The average molecular weight is 478 g/mol. The van der Waals surface area contributed by atoms with Crippen LogP contribution in [0.15, 0.2) is 48.5 Å². The molecule has 0 atom stereocenters. The average Bonchev–Trinajstić information content (AvgIpc) is 3.24. The van der Waals surface area contributed by atoms with Gasteiger partial charge in [-0.25, -0.2) is 4.98 Å². The lowest BCUT2D eigenvalue weighted by molar-refractivity contribution is -0.120. The molecule has 1 aromatic heterocycles. The number of morpholine rings is 1. The lowest BCUT2D eigenvalue weighted by atomic mass is 10.3. The van der Waals surface area contributed by atoms with E-state index >= 15 is 0 Å². The topological polar surface area (TPSA) is 64.1 Å². The summed E-state index contributed by atoms with van der Waals surface area (Å²) in [6, 6.07) is 15.2. The molecule has 1 aliphatic rings. The number of carbonyl (C=O) groups excluding carboxylic acids is 1. The number of ether oxygens (including phenoxy) is 3. The van der Waals surface area contributed by atoms with Crippen LogP contribution in [0.4, 0.5) is 5.13 Å². The van der Waals surface area contributed by atoms with E-state index in [4.69, 9.17) is 19.2 Å². The Hall–Kier alpha value is -2.39. The highest BCUT2D eigenvalue weighted by atomic mass is 35.5. The van der Waals surface area contributed by atoms with Gasteiger partial charge in [0, 0.05) is 32.2 Å². The summed E-state index contributed by atoms with van der Waals surface area (Å²) >= 11 is 1.51. The number of thiazole rings is 1. The predicted octanol–water partition coefficient (Wildman–Crippen LogP) is 3.86. The number of nitrogens with zero attached hydrogens (tertiary/aromatic N) is 3. The second-order valence-electron chi connectivity index (χ2n) is 7.28. The number of para-hydroxylation sites is 1. The van der Waals surface area contributed by atoms with Gasteiger partial charge in [0.25, 0.3) is 5.91 Å². The summed E-state index contributed by atoms with van der Waals surface area (Å²) in [4.78, 5) is 21.9. The van der Waals surface area contributed by atoms with Gasteiger partial charge in [0.15, 0.2) is 11.7 Å². The second-order valence-corrected chi connectivity index (χ2v) is 8.29. The van der Waals surface area contributed by atoms with Crippen molar-refractivity contribution < 1.29 is 19.0 Å². The van der Waals surface area contributed by atoms with Crippen molar-refractivity contribution in [2.45, 2.75) is 6.42 Å². The number of hydrogen-bond donors (Lipinski definition) is 0. The molecular formula is C23H28ClN3O4S. The first-order chi connectivity index (χ1) is 15.2. The van der Waals surface area contributed by atoms with E-state index in [0.29, 0.717) is 17.4 Å². The number of rotatable bonds is 9. The summed E-state index contributed by atoms with van der Waals surface area (Å²) in [6.07, 6.45) is 0.857. The molecule has 0 unspecified atom stereocenters. The molecule has 4 rings (SSSR count). The molecule has 1 fully saturated rings. The zero-order chi connectivity index (χ0) is 21.5. The van der Waals surface area contributed by atoms with Gasteiger partial charge in [-0.1, -0.05) is 29.5 Å². The molecule has 32 heavy (non-hydrogen) atoms. The Morgan fingerprint density at radius 1 is 1.16 bits per heavy atom. The molecular weight excluding hydrogens is 450 g/mol. The summed E-state index contributed by atoms with van der Waals surface area (Å²) in [5.74, 6) is 1.33. The molecule has 172 valence electrons. The molecule has 0 bridgehead atoms. The van der Waals surface area contributed by atoms with Gasteiger partial charge < -0.3 is 14.2 Å². The van der Waals surface area contributed by atoms with E-state index in [0.717, 1.165) is 55.2 Å². The normalized spacial score (nSPS) is 14.0. The monoisotopic (exact) mass is 477 g/mol. The third kappa shape index (κ3) is 6.32. The molecule has 7 nitrogen and oxygen atoms in total. The van der Waals surface area contributed by atoms with Crippen molar-refractivity contribution in [2.75, 3.05) is 58.0 Å². The first-order valence-electron chi connectivity index (χ1n) is 10.5. The van der Waals surface area contributed by atoms with Crippen molar-refractivity contribution in [3.63, 3.8) is 0 Å². The third-order valence-electron chi connectivity index (χ3n) is 5.18. The minimum Gasteiger partial charge on any atom is -0.497 e. The van der Waals surface area contributed by atoms with Crippen LogP contribution in [-0.4, -0.2) is 68.9 Å². The lowest BCUT2D eigenvalue weighted by Gasteiger charge is -2.27. The van der Waals surface area contributed by atoms with Crippen LogP contribution in [0.3, 0.4) is 0 Å². The Bertz CT molecular complexity index is 995. The van der Waals surface area contributed by atoms with E-state index in [1.807, 2.05) is 48.5 Å². The van der Waals surface area contributed by atoms with E-state index in [9.17, 15) is 4.79 Å². The molecule has 9 heteroatoms. The summed E-state index contributed by atoms with van der Waals surface area (Å²) in [5, 5.41) is 0.687. The lowest BCUT2D eigenvalue weighted by Crippen LogP contribution is -2.40. The van der Waals surface area contributed by atoms with E-state index in [1.54, 1.807) is 12.0 Å². The Balaban J connectivity index is 0.00000289. The molecule has 1 saturated heterocycles. The van der Waals surface area contributed by atoms with Gasteiger partial charge >= 0.3 is 0 Å². The minimum atomic E-state index is -0.100. The number of fused-ring (bicyclic) bond motifs is 1. The maximum Gasteiger partial charge on any atom is 0.266 e. The van der Waals surface area contributed by atoms with Crippen molar-refractivity contribution in [2.24, 2.45) is 0 Å². The Labute approximate surface area is 198 Å². The number of anilines is 1. The zero-order valence-corrected chi connectivity index (χ0v) is 19.7. The Morgan fingerprint density at radius 3 is 2.69 bits per heavy atom. The zero-order valence-electron chi connectivity index (χ0n) is 18.1. The first kappa shape index (κ1) is 24.3. The number of benzene rings is 2. The van der Waals surface area contributed by atoms with Gasteiger partial charge in [-0.3, -0.25) is 14.6 Å². The minimum absolute atomic E-state index is 0. The fraction of sp³-hybridized carbons (Fsp3) is 0.391. The third-order valence-corrected chi connectivity index (χ3v) is 6.24. The van der Waals surface area contributed by atoms with Crippen molar-refractivity contribution in [3.8, 4) is 11.5 Å².